The Labute approximate surface area is 210 Å². The van der Waals surface area contributed by atoms with E-state index in [-0.39, 0.29) is 0 Å². The molecule has 0 radical (unpaired) electrons. The monoisotopic (exact) mass is 471 g/mol. The van der Waals surface area contributed by atoms with E-state index in [2.05, 4.69) is 44.6 Å². The summed E-state index contributed by atoms with van der Waals surface area (Å²) < 4.78 is 6.25. The lowest BCUT2D eigenvalue weighted by atomic mass is 9.44. The number of azide groups is 1. The standard InChI is InChI=1S/C30H53N3O/c1-21(2)8-6-9-22(3)26-12-13-27-25-11-10-23-20-24(34-19-7-18-32-33-31)14-16-29(23,4)28(25)15-17-30(26,27)5/h21-28H,6-20H2,1-5H3/t22-,23?,24+,25+,26-,27+,28+,29+,30-/m1/s1. The highest BCUT2D eigenvalue weighted by Gasteiger charge is 2.60. The third-order valence-corrected chi connectivity index (χ3v) is 11.6. The average Bonchev–Trinajstić information content (AvgIpc) is 3.16. The minimum atomic E-state index is 0.428. The smallest absolute Gasteiger partial charge is 0.0578 e. The predicted octanol–water partition coefficient (Wildman–Crippen LogP) is 9.19. The van der Waals surface area contributed by atoms with Crippen molar-refractivity contribution in [3.8, 4) is 0 Å². The van der Waals surface area contributed by atoms with Crippen LogP contribution < -0.4 is 0 Å². The SMILES string of the molecule is CC(C)CCC[C@@H](C)[C@H]1CC[C@H]2[C@@H]3CCC4C[C@@H](OCCCN=[N+]=[N-])CC[C@]4(C)[C@H]3CC[C@]12C. The van der Waals surface area contributed by atoms with Crippen molar-refractivity contribution in [2.24, 2.45) is 57.4 Å². The van der Waals surface area contributed by atoms with Gasteiger partial charge >= 0.3 is 0 Å². The summed E-state index contributed by atoms with van der Waals surface area (Å²) in [5.74, 6) is 6.48. The Balaban J connectivity index is 1.35. The third kappa shape index (κ3) is 5.19. The van der Waals surface area contributed by atoms with E-state index in [1.807, 2.05) is 0 Å². The average molecular weight is 472 g/mol. The quantitative estimate of drug-likeness (QED) is 0.135. The Bertz CT molecular complexity index is 718. The number of ether oxygens (including phenoxy) is 1. The molecule has 0 aromatic heterocycles. The second-order valence-corrected chi connectivity index (χ2v) is 13.8. The molecule has 194 valence electrons. The van der Waals surface area contributed by atoms with E-state index in [0.29, 0.717) is 23.5 Å². The molecular weight excluding hydrogens is 418 g/mol. The molecular formula is C30H53N3O. The van der Waals surface area contributed by atoms with Crippen molar-refractivity contribution in [1.29, 1.82) is 0 Å². The second-order valence-electron chi connectivity index (χ2n) is 13.8. The van der Waals surface area contributed by atoms with E-state index in [9.17, 15) is 0 Å². The number of nitrogens with zero attached hydrogens (tertiary/aromatic N) is 3. The van der Waals surface area contributed by atoms with Gasteiger partial charge in [0.15, 0.2) is 0 Å². The van der Waals surface area contributed by atoms with Crippen LogP contribution in [0.1, 0.15) is 118 Å². The molecule has 0 saturated heterocycles. The minimum absolute atomic E-state index is 0.428. The van der Waals surface area contributed by atoms with Crippen LogP contribution in [0.3, 0.4) is 0 Å². The van der Waals surface area contributed by atoms with Gasteiger partial charge in [0.1, 0.15) is 0 Å². The minimum Gasteiger partial charge on any atom is -0.378 e. The number of hydrogen-bond acceptors (Lipinski definition) is 2. The molecule has 4 nitrogen and oxygen atoms in total. The van der Waals surface area contributed by atoms with Gasteiger partial charge in [0, 0.05) is 18.1 Å². The van der Waals surface area contributed by atoms with Crippen molar-refractivity contribution >= 4 is 0 Å². The third-order valence-electron chi connectivity index (χ3n) is 11.6. The Kier molecular flexibility index (Phi) is 8.61. The molecule has 0 bridgehead atoms. The van der Waals surface area contributed by atoms with E-state index in [1.165, 1.54) is 77.0 Å². The maximum atomic E-state index is 8.45. The van der Waals surface area contributed by atoms with Gasteiger partial charge in [-0.1, -0.05) is 59.0 Å². The summed E-state index contributed by atoms with van der Waals surface area (Å²) in [6.07, 6.45) is 18.3. The van der Waals surface area contributed by atoms with Crippen molar-refractivity contribution in [3.63, 3.8) is 0 Å². The largest absolute Gasteiger partial charge is 0.378 e. The van der Waals surface area contributed by atoms with E-state index in [1.54, 1.807) is 0 Å². The van der Waals surface area contributed by atoms with Crippen LogP contribution in [0.4, 0.5) is 0 Å². The highest BCUT2D eigenvalue weighted by molar-refractivity contribution is 5.09. The summed E-state index contributed by atoms with van der Waals surface area (Å²) in [5, 5.41) is 3.65. The highest BCUT2D eigenvalue weighted by atomic mass is 16.5. The topological polar surface area (TPSA) is 58.0 Å². The summed E-state index contributed by atoms with van der Waals surface area (Å²) in [7, 11) is 0. The van der Waals surface area contributed by atoms with Gasteiger partial charge in [0.05, 0.1) is 6.10 Å². The Morgan fingerprint density at radius 2 is 1.68 bits per heavy atom. The lowest BCUT2D eigenvalue weighted by Crippen LogP contribution is -2.54. The summed E-state index contributed by atoms with van der Waals surface area (Å²) in [5.41, 5.74) is 9.59. The van der Waals surface area contributed by atoms with Crippen LogP contribution in [-0.2, 0) is 4.74 Å². The van der Waals surface area contributed by atoms with Crippen LogP contribution in [-0.4, -0.2) is 19.3 Å². The lowest BCUT2D eigenvalue weighted by molar-refractivity contribution is -0.136. The molecule has 9 atom stereocenters. The molecule has 34 heavy (non-hydrogen) atoms. The first-order chi connectivity index (χ1) is 16.3. The van der Waals surface area contributed by atoms with Gasteiger partial charge in [-0.3, -0.25) is 0 Å². The second kappa shape index (κ2) is 11.1. The number of fused-ring (bicyclic) bond motifs is 5. The summed E-state index contributed by atoms with van der Waals surface area (Å²) in [6, 6.07) is 0. The molecule has 0 spiro atoms. The van der Waals surface area contributed by atoms with Crippen molar-refractivity contribution in [1.82, 2.24) is 0 Å². The van der Waals surface area contributed by atoms with Crippen molar-refractivity contribution in [2.75, 3.05) is 13.2 Å². The molecule has 0 aromatic carbocycles. The fourth-order valence-corrected chi connectivity index (χ4v) is 9.82. The molecule has 4 rings (SSSR count). The van der Waals surface area contributed by atoms with Crippen molar-refractivity contribution < 1.29 is 4.74 Å². The fraction of sp³-hybridized carbons (Fsp3) is 1.00. The van der Waals surface area contributed by atoms with E-state index < -0.39 is 0 Å². The van der Waals surface area contributed by atoms with E-state index >= 15 is 0 Å². The highest BCUT2D eigenvalue weighted by Crippen LogP contribution is 2.68. The van der Waals surface area contributed by atoms with Crippen molar-refractivity contribution in [3.05, 3.63) is 10.4 Å². The molecule has 0 aliphatic heterocycles. The molecule has 0 heterocycles. The van der Waals surface area contributed by atoms with Crippen molar-refractivity contribution in [2.45, 2.75) is 124 Å². The molecule has 1 unspecified atom stereocenters. The first-order valence-electron chi connectivity index (χ1n) is 14.9. The lowest BCUT2D eigenvalue weighted by Gasteiger charge is -2.61. The Hall–Kier alpha value is -0.730. The fourth-order valence-electron chi connectivity index (χ4n) is 9.82. The molecule has 4 fully saturated rings. The molecule has 0 N–H and O–H groups in total. The molecule has 0 aromatic rings. The maximum absolute atomic E-state index is 8.45. The van der Waals surface area contributed by atoms with Crippen LogP contribution in [0.25, 0.3) is 10.4 Å². The molecule has 4 aliphatic rings. The van der Waals surface area contributed by atoms with E-state index in [4.69, 9.17) is 10.3 Å². The summed E-state index contributed by atoms with van der Waals surface area (Å²) in [6.45, 7) is 14.1. The zero-order valence-electron chi connectivity index (χ0n) is 23.0. The zero-order valence-corrected chi connectivity index (χ0v) is 23.0. The first-order valence-corrected chi connectivity index (χ1v) is 14.9. The zero-order chi connectivity index (χ0) is 24.3. The molecule has 4 heteroatoms. The van der Waals surface area contributed by atoms with Crippen LogP contribution in [0.2, 0.25) is 0 Å². The first kappa shape index (κ1) is 26.3. The normalized spacial score (nSPS) is 42.4. The summed E-state index contributed by atoms with van der Waals surface area (Å²) >= 11 is 0. The van der Waals surface area contributed by atoms with Gasteiger partial charge in [-0.2, -0.15) is 0 Å². The number of rotatable bonds is 10. The van der Waals surface area contributed by atoms with Gasteiger partial charge in [0.2, 0.25) is 0 Å². The van der Waals surface area contributed by atoms with Gasteiger partial charge in [-0.25, -0.2) is 0 Å². The van der Waals surface area contributed by atoms with Gasteiger partial charge in [-0.15, -0.1) is 0 Å². The van der Waals surface area contributed by atoms with Crippen LogP contribution in [0.15, 0.2) is 5.11 Å². The molecule has 4 saturated carbocycles. The van der Waals surface area contributed by atoms with Gasteiger partial charge in [-0.05, 0) is 122 Å². The Morgan fingerprint density at radius 3 is 2.44 bits per heavy atom. The van der Waals surface area contributed by atoms with Crippen LogP contribution in [0.5, 0.6) is 0 Å². The summed E-state index contributed by atoms with van der Waals surface area (Å²) in [4.78, 5) is 2.85. The molecule has 0 amide bonds. The van der Waals surface area contributed by atoms with Crippen LogP contribution >= 0.6 is 0 Å². The van der Waals surface area contributed by atoms with Gasteiger partial charge in [0.25, 0.3) is 0 Å². The predicted molar refractivity (Wildman–Crippen MR) is 141 cm³/mol. The van der Waals surface area contributed by atoms with Crippen LogP contribution in [0, 0.1) is 52.3 Å². The number of hydrogen-bond donors (Lipinski definition) is 0. The Morgan fingerprint density at radius 1 is 0.912 bits per heavy atom. The van der Waals surface area contributed by atoms with E-state index in [0.717, 1.165) is 54.5 Å². The maximum Gasteiger partial charge on any atom is 0.0578 e. The van der Waals surface area contributed by atoms with Gasteiger partial charge < -0.3 is 4.74 Å². The molecule has 4 aliphatic carbocycles.